The lowest BCUT2D eigenvalue weighted by atomic mass is 10.2. The summed E-state index contributed by atoms with van der Waals surface area (Å²) in [5.74, 6) is -0.365. The predicted molar refractivity (Wildman–Crippen MR) is 57.1 cm³/mol. The number of hydrogen-bond donors (Lipinski definition) is 2. The molecule has 0 saturated heterocycles. The van der Waals surface area contributed by atoms with Crippen molar-refractivity contribution in [3.8, 4) is 0 Å². The Hall–Kier alpha value is -1.95. The van der Waals surface area contributed by atoms with E-state index in [2.05, 4.69) is 5.32 Å². The van der Waals surface area contributed by atoms with Crippen molar-refractivity contribution in [3.63, 3.8) is 0 Å². The summed E-state index contributed by atoms with van der Waals surface area (Å²) in [6.07, 6.45) is -0.623. The van der Waals surface area contributed by atoms with Crippen LogP contribution in [-0.4, -0.2) is 28.6 Å². The van der Waals surface area contributed by atoms with Gasteiger partial charge in [0.1, 0.15) is 0 Å². The molecule has 16 heavy (non-hydrogen) atoms. The van der Waals surface area contributed by atoms with Crippen LogP contribution in [0.25, 0.3) is 0 Å². The third kappa shape index (κ3) is 3.32. The predicted octanol–water partition coefficient (Wildman–Crippen LogP) is 0.705. The molecule has 0 unspecified atom stereocenters. The molecule has 0 bridgehead atoms. The average Bonchev–Trinajstić information content (AvgIpc) is 2.26. The number of amides is 1. The molecule has 0 aliphatic rings. The van der Waals surface area contributed by atoms with E-state index in [-0.39, 0.29) is 18.1 Å². The van der Waals surface area contributed by atoms with Crippen molar-refractivity contribution in [2.24, 2.45) is 0 Å². The maximum atomic E-state index is 11.4. The highest BCUT2D eigenvalue weighted by Gasteiger charge is 2.09. The molecule has 0 aliphatic heterocycles. The molecule has 6 heteroatoms. The minimum absolute atomic E-state index is 0.0629. The molecule has 0 radical (unpaired) electrons. The Bertz CT molecular complexity index is 386. The largest absolute Gasteiger partial charge is 0.392 e. The van der Waals surface area contributed by atoms with E-state index < -0.39 is 11.0 Å². The van der Waals surface area contributed by atoms with Gasteiger partial charge in [-0.2, -0.15) is 0 Å². The van der Waals surface area contributed by atoms with Gasteiger partial charge in [0.25, 0.3) is 11.6 Å². The third-order valence-electron chi connectivity index (χ3n) is 1.90. The number of carbonyl (C=O) groups excluding carboxylic acids is 1. The first-order valence-electron chi connectivity index (χ1n) is 4.71. The zero-order valence-corrected chi connectivity index (χ0v) is 8.71. The fourth-order valence-electron chi connectivity index (χ4n) is 1.08. The molecule has 1 aromatic carbocycles. The zero-order chi connectivity index (χ0) is 12.1. The molecule has 0 fully saturated rings. The van der Waals surface area contributed by atoms with Crippen LogP contribution < -0.4 is 5.32 Å². The maximum Gasteiger partial charge on any atom is 0.269 e. The fourth-order valence-corrected chi connectivity index (χ4v) is 1.08. The molecule has 1 amide bonds. The second-order valence-electron chi connectivity index (χ2n) is 3.36. The molecule has 86 valence electrons. The maximum absolute atomic E-state index is 11.4. The van der Waals surface area contributed by atoms with Gasteiger partial charge in [0.2, 0.25) is 0 Å². The van der Waals surface area contributed by atoms with Crippen molar-refractivity contribution in [2.75, 3.05) is 6.54 Å². The molecule has 0 aromatic heterocycles. The lowest BCUT2D eigenvalue weighted by Crippen LogP contribution is -2.30. The Balaban J connectivity index is 2.67. The molecule has 0 spiro atoms. The Morgan fingerprint density at radius 2 is 2.06 bits per heavy atom. The number of benzene rings is 1. The van der Waals surface area contributed by atoms with Crippen LogP contribution in [0, 0.1) is 10.1 Å². The van der Waals surface area contributed by atoms with Crippen molar-refractivity contribution in [2.45, 2.75) is 13.0 Å². The van der Waals surface area contributed by atoms with Crippen LogP contribution in [0.4, 0.5) is 5.69 Å². The molecule has 1 aromatic rings. The van der Waals surface area contributed by atoms with E-state index in [4.69, 9.17) is 5.11 Å². The van der Waals surface area contributed by atoms with Gasteiger partial charge in [-0.1, -0.05) is 0 Å². The highest BCUT2D eigenvalue weighted by molar-refractivity contribution is 5.94. The van der Waals surface area contributed by atoms with Gasteiger partial charge >= 0.3 is 0 Å². The third-order valence-corrected chi connectivity index (χ3v) is 1.90. The van der Waals surface area contributed by atoms with Gasteiger partial charge in [0.05, 0.1) is 11.0 Å². The lowest BCUT2D eigenvalue weighted by Gasteiger charge is -2.06. The van der Waals surface area contributed by atoms with Crippen LogP contribution >= 0.6 is 0 Å². The molecule has 6 nitrogen and oxygen atoms in total. The van der Waals surface area contributed by atoms with Crippen LogP contribution in [0.3, 0.4) is 0 Å². The van der Waals surface area contributed by atoms with Gasteiger partial charge in [-0.25, -0.2) is 0 Å². The van der Waals surface area contributed by atoms with Crippen LogP contribution in [-0.2, 0) is 0 Å². The molecule has 1 rings (SSSR count). The number of aliphatic hydroxyl groups excluding tert-OH is 1. The Labute approximate surface area is 92.0 Å². The highest BCUT2D eigenvalue weighted by atomic mass is 16.6. The summed E-state index contributed by atoms with van der Waals surface area (Å²) >= 11 is 0. The number of nitro groups is 1. The number of nitrogens with zero attached hydrogens (tertiary/aromatic N) is 1. The van der Waals surface area contributed by atoms with E-state index in [0.29, 0.717) is 5.56 Å². The van der Waals surface area contributed by atoms with E-state index in [1.807, 2.05) is 0 Å². The van der Waals surface area contributed by atoms with Crippen molar-refractivity contribution < 1.29 is 14.8 Å². The minimum Gasteiger partial charge on any atom is -0.392 e. The molecule has 0 aliphatic carbocycles. The van der Waals surface area contributed by atoms with Crippen LogP contribution in [0.15, 0.2) is 24.3 Å². The first-order chi connectivity index (χ1) is 7.50. The van der Waals surface area contributed by atoms with Crippen molar-refractivity contribution in [3.05, 3.63) is 39.9 Å². The first-order valence-corrected chi connectivity index (χ1v) is 4.71. The fraction of sp³-hybridized carbons (Fsp3) is 0.300. The summed E-state index contributed by atoms with van der Waals surface area (Å²) in [7, 11) is 0. The summed E-state index contributed by atoms with van der Waals surface area (Å²) in [6.45, 7) is 1.70. The van der Waals surface area contributed by atoms with Gasteiger partial charge in [-0.3, -0.25) is 14.9 Å². The number of nitrogens with one attached hydrogen (secondary N) is 1. The molecular weight excluding hydrogens is 212 g/mol. The Morgan fingerprint density at radius 3 is 2.50 bits per heavy atom. The second kappa shape index (κ2) is 5.22. The summed E-state index contributed by atoms with van der Waals surface area (Å²) in [5, 5.41) is 21.8. The number of carbonyl (C=O) groups is 1. The Kier molecular flexibility index (Phi) is 3.96. The molecular formula is C10H12N2O4. The topological polar surface area (TPSA) is 92.5 Å². The SMILES string of the molecule is C[C@H](O)CNC(=O)c1ccc([N+](=O)[O-])cc1. The Morgan fingerprint density at radius 1 is 1.50 bits per heavy atom. The smallest absolute Gasteiger partial charge is 0.269 e. The zero-order valence-electron chi connectivity index (χ0n) is 8.71. The van der Waals surface area contributed by atoms with E-state index in [1.165, 1.54) is 24.3 Å². The molecule has 2 N–H and O–H groups in total. The van der Waals surface area contributed by atoms with Crippen LogP contribution in [0.2, 0.25) is 0 Å². The standard InChI is InChI=1S/C10H12N2O4/c1-7(13)6-11-10(14)8-2-4-9(5-3-8)12(15)16/h2-5,7,13H,6H2,1H3,(H,11,14)/t7-/m0/s1. The van der Waals surface area contributed by atoms with Crippen molar-refractivity contribution in [1.82, 2.24) is 5.32 Å². The van der Waals surface area contributed by atoms with Gasteiger partial charge in [0.15, 0.2) is 0 Å². The van der Waals surface area contributed by atoms with Crippen molar-refractivity contribution >= 4 is 11.6 Å². The van der Waals surface area contributed by atoms with Gasteiger partial charge in [-0.15, -0.1) is 0 Å². The summed E-state index contributed by atoms with van der Waals surface area (Å²) in [5.41, 5.74) is 0.262. The van der Waals surface area contributed by atoms with Crippen molar-refractivity contribution in [1.29, 1.82) is 0 Å². The molecule has 0 heterocycles. The second-order valence-corrected chi connectivity index (χ2v) is 3.36. The number of non-ortho nitro benzene ring substituents is 1. The van der Waals surface area contributed by atoms with Gasteiger partial charge in [0, 0.05) is 24.2 Å². The highest BCUT2D eigenvalue weighted by Crippen LogP contribution is 2.11. The number of hydrogen-bond acceptors (Lipinski definition) is 4. The first kappa shape index (κ1) is 12.1. The van der Waals surface area contributed by atoms with E-state index in [9.17, 15) is 14.9 Å². The normalized spacial score (nSPS) is 11.9. The lowest BCUT2D eigenvalue weighted by molar-refractivity contribution is -0.384. The number of nitro benzene ring substituents is 1. The van der Waals surface area contributed by atoms with E-state index >= 15 is 0 Å². The van der Waals surface area contributed by atoms with E-state index in [1.54, 1.807) is 6.92 Å². The van der Waals surface area contributed by atoms with E-state index in [0.717, 1.165) is 0 Å². The van der Waals surface area contributed by atoms with Gasteiger partial charge in [-0.05, 0) is 19.1 Å². The number of aliphatic hydroxyl groups is 1. The van der Waals surface area contributed by atoms with Gasteiger partial charge < -0.3 is 10.4 Å². The number of rotatable bonds is 4. The quantitative estimate of drug-likeness (QED) is 0.581. The molecule has 0 saturated carbocycles. The summed E-state index contributed by atoms with van der Waals surface area (Å²) in [4.78, 5) is 21.3. The summed E-state index contributed by atoms with van der Waals surface area (Å²) < 4.78 is 0. The average molecular weight is 224 g/mol. The van der Waals surface area contributed by atoms with Crippen LogP contribution in [0.1, 0.15) is 17.3 Å². The monoisotopic (exact) mass is 224 g/mol. The minimum atomic E-state index is -0.623. The van der Waals surface area contributed by atoms with Crippen LogP contribution in [0.5, 0.6) is 0 Å². The summed E-state index contributed by atoms with van der Waals surface area (Å²) in [6, 6.07) is 5.26. The molecule has 1 atom stereocenters.